The molecule has 1 unspecified atom stereocenters. The lowest BCUT2D eigenvalue weighted by atomic mass is 10.3. The van der Waals surface area contributed by atoms with Crippen molar-refractivity contribution in [3.63, 3.8) is 0 Å². The lowest BCUT2D eigenvalue weighted by Gasteiger charge is -2.11. The summed E-state index contributed by atoms with van der Waals surface area (Å²) < 4.78 is 26.9. The molecule has 0 amide bonds. The Morgan fingerprint density at radius 2 is 2.11 bits per heavy atom. The predicted molar refractivity (Wildman–Crippen MR) is 78.7 cm³/mol. The van der Waals surface area contributed by atoms with Crippen molar-refractivity contribution >= 4 is 21.8 Å². The van der Waals surface area contributed by atoms with E-state index < -0.39 is 10.0 Å². The molecule has 0 aliphatic carbocycles. The molecular weight excluding hydrogens is 284 g/mol. The lowest BCUT2D eigenvalue weighted by molar-refractivity contribution is 0.564. The lowest BCUT2D eigenvalue weighted by Crippen LogP contribution is -2.31. The average molecular weight is 306 g/mol. The molecule has 0 saturated heterocycles. The summed E-state index contributed by atoms with van der Waals surface area (Å²) in [5.74, 6) is 0. The highest BCUT2D eigenvalue weighted by atomic mass is 32.2. The monoisotopic (exact) mass is 306 g/mol. The van der Waals surface area contributed by atoms with Crippen molar-refractivity contribution in [3.8, 4) is 0 Å². The third-order valence-electron chi connectivity index (χ3n) is 2.61. The Hall–Kier alpha value is -0.570. The maximum atomic E-state index is 12.2. The molecule has 8 heteroatoms. The zero-order valence-electron chi connectivity index (χ0n) is 11.7. The van der Waals surface area contributed by atoms with Gasteiger partial charge in [0.15, 0.2) is 5.03 Å². The van der Waals surface area contributed by atoms with Crippen LogP contribution >= 0.6 is 11.8 Å². The van der Waals surface area contributed by atoms with Crippen LogP contribution < -0.4 is 10.0 Å². The first-order valence-electron chi connectivity index (χ1n) is 6.15. The molecule has 6 nitrogen and oxygen atoms in total. The van der Waals surface area contributed by atoms with Gasteiger partial charge in [-0.15, -0.1) is 0 Å². The molecule has 0 aliphatic heterocycles. The molecule has 0 spiro atoms. The van der Waals surface area contributed by atoms with Gasteiger partial charge in [0.25, 0.3) is 10.0 Å². The molecular formula is C11H22N4O2S2. The summed E-state index contributed by atoms with van der Waals surface area (Å²) in [6, 6.07) is 0.287. The molecule has 0 radical (unpaired) electrons. The van der Waals surface area contributed by atoms with E-state index in [1.54, 1.807) is 18.0 Å². The molecule has 1 heterocycles. The topological polar surface area (TPSA) is 86.9 Å². The number of aromatic nitrogens is 2. The minimum atomic E-state index is -3.52. The van der Waals surface area contributed by atoms with Gasteiger partial charge in [0.05, 0.1) is 6.20 Å². The third kappa shape index (κ3) is 5.13. The van der Waals surface area contributed by atoms with E-state index in [4.69, 9.17) is 0 Å². The van der Waals surface area contributed by atoms with Crippen molar-refractivity contribution in [1.82, 2.24) is 20.2 Å². The SMILES string of the molecule is CSC(C)CNS(=O)(=O)c1[nH]ncc1CNC(C)C. The Morgan fingerprint density at radius 1 is 1.42 bits per heavy atom. The Kier molecular flexibility index (Phi) is 6.31. The molecule has 0 aromatic carbocycles. The number of nitrogens with one attached hydrogen (secondary N) is 3. The Bertz CT molecular complexity index is 485. The minimum Gasteiger partial charge on any atom is -0.310 e. The van der Waals surface area contributed by atoms with E-state index in [9.17, 15) is 8.42 Å². The van der Waals surface area contributed by atoms with Crippen molar-refractivity contribution in [2.75, 3.05) is 12.8 Å². The first-order chi connectivity index (χ1) is 8.86. The zero-order valence-corrected chi connectivity index (χ0v) is 13.4. The summed E-state index contributed by atoms with van der Waals surface area (Å²) in [5, 5.41) is 9.95. The molecule has 110 valence electrons. The van der Waals surface area contributed by atoms with Crippen molar-refractivity contribution in [1.29, 1.82) is 0 Å². The van der Waals surface area contributed by atoms with Gasteiger partial charge < -0.3 is 5.32 Å². The standard InChI is InChI=1S/C11H22N4O2S2/c1-8(2)12-6-10-7-13-15-11(10)19(16,17)14-5-9(3)18-4/h7-9,12,14H,5-6H2,1-4H3,(H,13,15). The van der Waals surface area contributed by atoms with Crippen LogP contribution in [-0.2, 0) is 16.6 Å². The second kappa shape index (κ2) is 7.28. The molecule has 1 aromatic heterocycles. The van der Waals surface area contributed by atoms with Gasteiger partial charge in [0, 0.05) is 29.9 Å². The highest BCUT2D eigenvalue weighted by Crippen LogP contribution is 2.12. The number of rotatable bonds is 8. The minimum absolute atomic E-state index is 0.147. The van der Waals surface area contributed by atoms with E-state index in [1.165, 1.54) is 0 Å². The number of hydrogen-bond donors (Lipinski definition) is 3. The van der Waals surface area contributed by atoms with Gasteiger partial charge >= 0.3 is 0 Å². The Labute approximate surface area is 119 Å². The molecule has 0 fully saturated rings. The van der Waals surface area contributed by atoms with Crippen LogP contribution in [-0.4, -0.2) is 42.7 Å². The second-order valence-corrected chi connectivity index (χ2v) is 7.64. The number of aromatic amines is 1. The Morgan fingerprint density at radius 3 is 2.68 bits per heavy atom. The zero-order chi connectivity index (χ0) is 14.5. The van der Waals surface area contributed by atoms with E-state index >= 15 is 0 Å². The van der Waals surface area contributed by atoms with Gasteiger partial charge in [0.1, 0.15) is 0 Å². The molecule has 0 bridgehead atoms. The number of nitrogens with zero attached hydrogens (tertiary/aromatic N) is 1. The fraction of sp³-hybridized carbons (Fsp3) is 0.727. The van der Waals surface area contributed by atoms with Crippen LogP contribution in [0.15, 0.2) is 11.2 Å². The van der Waals surface area contributed by atoms with E-state index in [0.717, 1.165) is 0 Å². The van der Waals surface area contributed by atoms with Gasteiger partial charge in [-0.2, -0.15) is 16.9 Å². The third-order valence-corrected chi connectivity index (χ3v) is 5.02. The van der Waals surface area contributed by atoms with Crippen LogP contribution in [0.5, 0.6) is 0 Å². The smallest absolute Gasteiger partial charge is 0.257 e. The summed E-state index contributed by atoms with van der Waals surface area (Å²) in [6.07, 6.45) is 3.50. The molecule has 1 rings (SSSR count). The van der Waals surface area contributed by atoms with E-state index in [0.29, 0.717) is 18.7 Å². The van der Waals surface area contributed by atoms with Gasteiger partial charge in [-0.05, 0) is 6.26 Å². The summed E-state index contributed by atoms with van der Waals surface area (Å²) in [6.45, 7) is 6.86. The highest BCUT2D eigenvalue weighted by molar-refractivity contribution is 7.99. The molecule has 0 aliphatic rings. The quantitative estimate of drug-likeness (QED) is 0.665. The van der Waals surface area contributed by atoms with Crippen LogP contribution in [0.2, 0.25) is 0 Å². The first kappa shape index (κ1) is 16.5. The summed E-state index contributed by atoms with van der Waals surface area (Å²) in [5.41, 5.74) is 0.651. The van der Waals surface area contributed by atoms with Gasteiger partial charge in [-0.25, -0.2) is 13.1 Å². The van der Waals surface area contributed by atoms with Crippen LogP contribution in [0.4, 0.5) is 0 Å². The van der Waals surface area contributed by atoms with Crippen LogP contribution in [0.25, 0.3) is 0 Å². The normalized spacial score (nSPS) is 13.9. The van der Waals surface area contributed by atoms with Crippen molar-refractivity contribution < 1.29 is 8.42 Å². The van der Waals surface area contributed by atoms with E-state index in [2.05, 4.69) is 20.2 Å². The molecule has 19 heavy (non-hydrogen) atoms. The summed E-state index contributed by atoms with van der Waals surface area (Å²) in [7, 11) is -3.52. The number of hydrogen-bond acceptors (Lipinski definition) is 5. The van der Waals surface area contributed by atoms with E-state index in [-0.39, 0.29) is 16.3 Å². The van der Waals surface area contributed by atoms with Gasteiger partial charge in [0.2, 0.25) is 0 Å². The molecule has 1 aromatic rings. The van der Waals surface area contributed by atoms with Gasteiger partial charge in [-0.3, -0.25) is 5.10 Å². The summed E-state index contributed by atoms with van der Waals surface area (Å²) >= 11 is 1.62. The molecule has 1 atom stereocenters. The average Bonchev–Trinajstić information content (AvgIpc) is 2.82. The number of thioether (sulfide) groups is 1. The van der Waals surface area contributed by atoms with Crippen molar-refractivity contribution in [2.45, 2.75) is 43.6 Å². The summed E-state index contributed by atoms with van der Waals surface area (Å²) in [4.78, 5) is 0. The largest absolute Gasteiger partial charge is 0.310 e. The van der Waals surface area contributed by atoms with Crippen LogP contribution in [0, 0.1) is 0 Å². The number of sulfonamides is 1. The maximum Gasteiger partial charge on any atom is 0.257 e. The molecule has 3 N–H and O–H groups in total. The maximum absolute atomic E-state index is 12.2. The van der Waals surface area contributed by atoms with Crippen molar-refractivity contribution in [2.24, 2.45) is 0 Å². The first-order valence-corrected chi connectivity index (χ1v) is 8.92. The fourth-order valence-electron chi connectivity index (χ4n) is 1.35. The van der Waals surface area contributed by atoms with Crippen molar-refractivity contribution in [3.05, 3.63) is 11.8 Å². The fourth-order valence-corrected chi connectivity index (χ4v) is 2.97. The van der Waals surface area contributed by atoms with Crippen LogP contribution in [0.3, 0.4) is 0 Å². The second-order valence-electron chi connectivity index (χ2n) is 4.66. The van der Waals surface area contributed by atoms with Gasteiger partial charge in [-0.1, -0.05) is 20.8 Å². The Balaban J connectivity index is 2.75. The van der Waals surface area contributed by atoms with Crippen LogP contribution in [0.1, 0.15) is 26.3 Å². The number of H-pyrrole nitrogens is 1. The van der Waals surface area contributed by atoms with E-state index in [1.807, 2.05) is 27.0 Å². The molecule has 0 saturated carbocycles. The highest BCUT2D eigenvalue weighted by Gasteiger charge is 2.21. The predicted octanol–water partition coefficient (Wildman–Crippen LogP) is 0.937.